The molecule has 0 fully saturated rings. The monoisotopic (exact) mass is 460 g/mol. The lowest BCUT2D eigenvalue weighted by atomic mass is 9.89. The lowest BCUT2D eigenvalue weighted by molar-refractivity contribution is -0.122. The fraction of sp³-hybridized carbons (Fsp3) is 0.409. The van der Waals surface area contributed by atoms with Crippen molar-refractivity contribution in [3.8, 4) is 17.2 Å². The summed E-state index contributed by atoms with van der Waals surface area (Å²) in [4.78, 5) is 14.9. The molecule has 1 atom stereocenters. The molecule has 1 amide bonds. The Hall–Kier alpha value is -2.25. The second-order valence-corrected chi connectivity index (χ2v) is 8.13. The first-order chi connectivity index (χ1) is 14.1. The van der Waals surface area contributed by atoms with Crippen LogP contribution < -0.4 is 19.5 Å². The van der Waals surface area contributed by atoms with Gasteiger partial charge in [0.25, 0.3) is 0 Å². The van der Waals surface area contributed by atoms with Gasteiger partial charge in [0.2, 0.25) is 18.4 Å². The predicted octanol–water partition coefficient (Wildman–Crippen LogP) is 3.46. The zero-order valence-corrected chi connectivity index (χ0v) is 18.3. The quantitative estimate of drug-likeness (QED) is 0.714. The Bertz CT molecular complexity index is 904. The van der Waals surface area contributed by atoms with Crippen LogP contribution in [0.4, 0.5) is 0 Å². The van der Waals surface area contributed by atoms with Crippen LogP contribution in [0.3, 0.4) is 0 Å². The Balaban J connectivity index is 1.53. The highest BCUT2D eigenvalue weighted by Gasteiger charge is 2.37. The molecule has 0 bridgehead atoms. The number of carbonyl (C=O) groups is 1. The van der Waals surface area contributed by atoms with E-state index in [0.29, 0.717) is 30.2 Å². The summed E-state index contributed by atoms with van der Waals surface area (Å²) in [5, 5.41) is 3.06. The minimum Gasteiger partial charge on any atom is -0.492 e. The maximum Gasteiger partial charge on any atom is 0.231 e. The summed E-state index contributed by atoms with van der Waals surface area (Å²) in [6.45, 7) is 1.65. The van der Waals surface area contributed by atoms with E-state index in [0.717, 1.165) is 35.0 Å². The second-order valence-electron chi connectivity index (χ2n) is 7.34. The first-order valence-electron chi connectivity index (χ1n) is 9.78. The van der Waals surface area contributed by atoms with Crippen LogP contribution >= 0.6 is 15.9 Å². The van der Waals surface area contributed by atoms with Crippen LogP contribution in [-0.4, -0.2) is 44.8 Å². The average molecular weight is 461 g/mol. The fourth-order valence-electron chi connectivity index (χ4n) is 4.09. The van der Waals surface area contributed by atoms with Crippen molar-refractivity contribution in [1.82, 2.24) is 10.2 Å². The highest BCUT2D eigenvalue weighted by Crippen LogP contribution is 2.54. The summed E-state index contributed by atoms with van der Waals surface area (Å²) in [7, 11) is 3.68. The minimum atomic E-state index is -0.0868. The Kier molecular flexibility index (Phi) is 5.96. The van der Waals surface area contributed by atoms with Crippen LogP contribution in [0.5, 0.6) is 17.2 Å². The molecule has 154 valence electrons. The van der Waals surface area contributed by atoms with Gasteiger partial charge in [0, 0.05) is 31.1 Å². The largest absolute Gasteiger partial charge is 0.492 e. The summed E-state index contributed by atoms with van der Waals surface area (Å²) >= 11 is 3.68. The molecule has 0 saturated carbocycles. The molecule has 6 nitrogen and oxygen atoms in total. The number of methoxy groups -OCH3 is 1. The molecule has 4 rings (SSSR count). The molecule has 0 radical (unpaired) electrons. The van der Waals surface area contributed by atoms with E-state index in [2.05, 4.69) is 38.3 Å². The standard InChI is InChI=1S/C22H25BrN2O4/c1-25-11-9-15-18(20(27-2)22-21(19(15)23)28-13-29-22)16(25)12-17(26)24-10-8-14-6-4-3-5-7-14/h3-7,16H,8-13H2,1-2H3,(H,24,26). The number of halogens is 1. The second kappa shape index (κ2) is 8.63. The predicted molar refractivity (Wildman–Crippen MR) is 114 cm³/mol. The SMILES string of the molecule is COc1c2c(c(Br)c3c1C(CC(=O)NCCc1ccccc1)N(C)CC3)OCO2. The molecule has 2 aromatic rings. The van der Waals surface area contributed by atoms with Crippen LogP contribution in [-0.2, 0) is 17.6 Å². The van der Waals surface area contributed by atoms with E-state index in [9.17, 15) is 4.79 Å². The van der Waals surface area contributed by atoms with Crippen molar-refractivity contribution in [3.63, 3.8) is 0 Å². The van der Waals surface area contributed by atoms with Gasteiger partial charge in [0.05, 0.1) is 11.6 Å². The third-order valence-corrected chi connectivity index (χ3v) is 6.43. The number of nitrogens with zero attached hydrogens (tertiary/aromatic N) is 1. The molecule has 0 aromatic heterocycles. The van der Waals surface area contributed by atoms with Crippen molar-refractivity contribution in [2.75, 3.05) is 34.0 Å². The third kappa shape index (κ3) is 3.94. The first-order valence-corrected chi connectivity index (χ1v) is 10.6. The topological polar surface area (TPSA) is 60.0 Å². The molecule has 0 aliphatic carbocycles. The van der Waals surface area contributed by atoms with Crippen LogP contribution in [0, 0.1) is 0 Å². The number of carbonyl (C=O) groups excluding carboxylic acids is 1. The molecule has 0 spiro atoms. The van der Waals surface area contributed by atoms with Gasteiger partial charge in [0.15, 0.2) is 11.5 Å². The molecule has 0 saturated heterocycles. The van der Waals surface area contributed by atoms with E-state index in [-0.39, 0.29) is 18.7 Å². The van der Waals surface area contributed by atoms with Gasteiger partial charge in [0.1, 0.15) is 0 Å². The number of hydrogen-bond donors (Lipinski definition) is 1. The van der Waals surface area contributed by atoms with Gasteiger partial charge in [-0.15, -0.1) is 0 Å². The van der Waals surface area contributed by atoms with Crippen molar-refractivity contribution in [2.24, 2.45) is 0 Å². The van der Waals surface area contributed by atoms with Crippen LogP contribution in [0.2, 0.25) is 0 Å². The molecule has 2 aromatic carbocycles. The number of amides is 1. The number of nitrogens with one attached hydrogen (secondary N) is 1. The van der Waals surface area contributed by atoms with E-state index < -0.39 is 0 Å². The molecular formula is C22H25BrN2O4. The summed E-state index contributed by atoms with van der Waals surface area (Å²) in [6.07, 6.45) is 2.03. The smallest absolute Gasteiger partial charge is 0.231 e. The minimum absolute atomic E-state index is 0.0291. The van der Waals surface area contributed by atoms with Gasteiger partial charge in [-0.2, -0.15) is 0 Å². The van der Waals surface area contributed by atoms with E-state index >= 15 is 0 Å². The summed E-state index contributed by atoms with van der Waals surface area (Å²) in [5.74, 6) is 2.00. The van der Waals surface area contributed by atoms with Crippen molar-refractivity contribution in [3.05, 3.63) is 51.5 Å². The van der Waals surface area contributed by atoms with Gasteiger partial charge < -0.3 is 19.5 Å². The van der Waals surface area contributed by atoms with E-state index in [1.807, 2.05) is 25.2 Å². The van der Waals surface area contributed by atoms with Crippen LogP contribution in [0.25, 0.3) is 0 Å². The third-order valence-electron chi connectivity index (χ3n) is 5.59. The van der Waals surface area contributed by atoms with Gasteiger partial charge in [-0.05, 0) is 46.9 Å². The Labute approximate surface area is 179 Å². The zero-order chi connectivity index (χ0) is 20.4. The number of fused-ring (bicyclic) bond motifs is 2. The summed E-state index contributed by atoms with van der Waals surface area (Å²) in [5.41, 5.74) is 3.35. The molecular weight excluding hydrogens is 436 g/mol. The molecule has 2 aliphatic heterocycles. The van der Waals surface area contributed by atoms with Crippen molar-refractivity contribution < 1.29 is 19.0 Å². The van der Waals surface area contributed by atoms with Gasteiger partial charge in [-0.3, -0.25) is 9.69 Å². The van der Waals surface area contributed by atoms with Crippen LogP contribution in [0.15, 0.2) is 34.8 Å². The first kappa shape index (κ1) is 20.0. The lowest BCUT2D eigenvalue weighted by Crippen LogP contribution is -2.37. The number of benzene rings is 2. The molecule has 1 unspecified atom stereocenters. The van der Waals surface area contributed by atoms with Crippen molar-refractivity contribution in [1.29, 1.82) is 0 Å². The zero-order valence-electron chi connectivity index (χ0n) is 16.7. The molecule has 29 heavy (non-hydrogen) atoms. The van der Waals surface area contributed by atoms with E-state index in [4.69, 9.17) is 14.2 Å². The van der Waals surface area contributed by atoms with E-state index in [1.54, 1.807) is 7.11 Å². The highest BCUT2D eigenvalue weighted by atomic mass is 79.9. The van der Waals surface area contributed by atoms with Gasteiger partial charge in [-0.25, -0.2) is 0 Å². The summed E-state index contributed by atoms with van der Waals surface area (Å²) < 4.78 is 17.9. The Morgan fingerprint density at radius 1 is 1.28 bits per heavy atom. The summed E-state index contributed by atoms with van der Waals surface area (Å²) in [6, 6.07) is 10.1. The van der Waals surface area contributed by atoms with Gasteiger partial charge >= 0.3 is 0 Å². The maximum atomic E-state index is 12.7. The van der Waals surface area contributed by atoms with E-state index in [1.165, 1.54) is 5.56 Å². The fourth-order valence-corrected chi connectivity index (χ4v) is 4.79. The molecule has 2 heterocycles. The Morgan fingerprint density at radius 3 is 2.79 bits per heavy atom. The molecule has 1 N–H and O–H groups in total. The highest BCUT2D eigenvalue weighted by molar-refractivity contribution is 9.10. The number of ether oxygens (including phenoxy) is 3. The Morgan fingerprint density at radius 2 is 2.03 bits per heavy atom. The normalized spacial score (nSPS) is 17.7. The lowest BCUT2D eigenvalue weighted by Gasteiger charge is -2.36. The molecule has 2 aliphatic rings. The average Bonchev–Trinajstić information content (AvgIpc) is 3.21. The van der Waals surface area contributed by atoms with Crippen molar-refractivity contribution in [2.45, 2.75) is 25.3 Å². The van der Waals surface area contributed by atoms with Gasteiger partial charge in [-0.1, -0.05) is 30.3 Å². The number of hydrogen-bond acceptors (Lipinski definition) is 5. The number of rotatable bonds is 6. The molecule has 7 heteroatoms. The maximum absolute atomic E-state index is 12.7. The number of likely N-dealkylation sites (N-methyl/N-ethyl adjacent to an activating group) is 1. The van der Waals surface area contributed by atoms with Crippen molar-refractivity contribution >= 4 is 21.8 Å². The van der Waals surface area contributed by atoms with Crippen LogP contribution in [0.1, 0.15) is 29.2 Å².